The van der Waals surface area contributed by atoms with Crippen LogP contribution in [0.4, 0.5) is 15.8 Å². The second-order valence-electron chi connectivity index (χ2n) is 4.17. The zero-order valence-electron chi connectivity index (χ0n) is 10.2. The van der Waals surface area contributed by atoms with E-state index in [2.05, 4.69) is 21.2 Å². The summed E-state index contributed by atoms with van der Waals surface area (Å²) in [5.74, 6) is -0.390. The highest BCUT2D eigenvalue weighted by Crippen LogP contribution is 2.28. The van der Waals surface area contributed by atoms with Gasteiger partial charge in [-0.25, -0.2) is 4.39 Å². The summed E-state index contributed by atoms with van der Waals surface area (Å²) in [5, 5.41) is 3.04. The first kappa shape index (κ1) is 14.0. The van der Waals surface area contributed by atoms with E-state index in [9.17, 15) is 4.39 Å². The Balaban J connectivity index is 2.33. The summed E-state index contributed by atoms with van der Waals surface area (Å²) in [6, 6.07) is 10.5. The Kier molecular flexibility index (Phi) is 4.17. The molecule has 98 valence electrons. The second-order valence-corrected chi connectivity index (χ2v) is 5.46. The van der Waals surface area contributed by atoms with E-state index in [0.717, 1.165) is 15.7 Å². The molecule has 0 unspecified atom stereocenters. The van der Waals surface area contributed by atoms with Crippen molar-refractivity contribution in [2.45, 2.75) is 6.92 Å². The third-order valence-electron chi connectivity index (χ3n) is 2.64. The van der Waals surface area contributed by atoms with Crippen molar-refractivity contribution in [1.82, 2.24) is 0 Å². The fourth-order valence-electron chi connectivity index (χ4n) is 1.65. The lowest BCUT2D eigenvalue weighted by Crippen LogP contribution is -2.09. The summed E-state index contributed by atoms with van der Waals surface area (Å²) < 4.78 is 14.8. The number of aryl methyl sites for hydroxylation is 1. The van der Waals surface area contributed by atoms with Crippen LogP contribution in [0.5, 0.6) is 0 Å². The van der Waals surface area contributed by atoms with Crippen molar-refractivity contribution in [3.05, 3.63) is 57.8 Å². The Bertz CT molecular complexity index is 643. The van der Waals surface area contributed by atoms with Crippen molar-refractivity contribution in [3.63, 3.8) is 0 Å². The minimum Gasteiger partial charge on any atom is -0.389 e. The molecule has 2 aromatic carbocycles. The topological polar surface area (TPSA) is 38.0 Å². The Morgan fingerprint density at radius 2 is 1.95 bits per heavy atom. The van der Waals surface area contributed by atoms with Crippen LogP contribution in [0.1, 0.15) is 11.1 Å². The summed E-state index contributed by atoms with van der Waals surface area (Å²) in [5.41, 5.74) is 8.26. The monoisotopic (exact) mass is 338 g/mol. The number of anilines is 2. The molecule has 0 aliphatic carbocycles. The van der Waals surface area contributed by atoms with Crippen LogP contribution in [-0.2, 0) is 0 Å². The van der Waals surface area contributed by atoms with Gasteiger partial charge in [-0.15, -0.1) is 0 Å². The molecule has 0 heterocycles. The highest BCUT2D eigenvalue weighted by atomic mass is 79.9. The molecular weight excluding hydrogens is 327 g/mol. The molecule has 2 nitrogen and oxygen atoms in total. The van der Waals surface area contributed by atoms with E-state index in [1.165, 1.54) is 6.07 Å². The molecule has 5 heteroatoms. The molecule has 0 saturated heterocycles. The molecule has 0 aromatic heterocycles. The summed E-state index contributed by atoms with van der Waals surface area (Å²) in [4.78, 5) is 0.183. The van der Waals surface area contributed by atoms with Crippen molar-refractivity contribution in [1.29, 1.82) is 0 Å². The van der Waals surface area contributed by atoms with Gasteiger partial charge < -0.3 is 11.1 Å². The maximum Gasteiger partial charge on any atom is 0.147 e. The molecule has 0 atom stereocenters. The highest BCUT2D eigenvalue weighted by molar-refractivity contribution is 9.10. The molecule has 3 N–H and O–H groups in total. The third kappa shape index (κ3) is 3.30. The average Bonchev–Trinajstić information content (AvgIpc) is 2.36. The van der Waals surface area contributed by atoms with Crippen molar-refractivity contribution < 1.29 is 4.39 Å². The number of nitrogens with one attached hydrogen (secondary N) is 1. The minimum atomic E-state index is -0.390. The predicted octanol–water partition coefficient (Wildman–Crippen LogP) is 4.27. The smallest absolute Gasteiger partial charge is 0.147 e. The first-order chi connectivity index (χ1) is 8.97. The van der Waals surface area contributed by atoms with Crippen LogP contribution >= 0.6 is 28.1 Å². The molecule has 0 radical (unpaired) electrons. The van der Waals surface area contributed by atoms with Gasteiger partial charge in [-0.05, 0) is 58.7 Å². The maximum atomic E-state index is 13.9. The van der Waals surface area contributed by atoms with Gasteiger partial charge in [0.1, 0.15) is 10.8 Å². The number of thiocarbonyl (C=S) groups is 1. The largest absolute Gasteiger partial charge is 0.389 e. The van der Waals surface area contributed by atoms with Gasteiger partial charge in [-0.3, -0.25) is 0 Å². The lowest BCUT2D eigenvalue weighted by molar-refractivity contribution is 0.631. The number of benzene rings is 2. The molecule has 0 bridgehead atoms. The third-order valence-corrected chi connectivity index (χ3v) is 3.57. The number of nitrogens with two attached hydrogens (primary N) is 1. The van der Waals surface area contributed by atoms with Crippen molar-refractivity contribution in [2.75, 3.05) is 5.32 Å². The average molecular weight is 339 g/mol. The van der Waals surface area contributed by atoms with E-state index in [1.54, 1.807) is 12.1 Å². The Labute approximate surface area is 124 Å². The Morgan fingerprint density at radius 3 is 2.58 bits per heavy atom. The standard InChI is InChI=1S/C14H12BrFN2S/c1-8-2-4-10(15)13(6-8)18-12-5-3-9(14(17)19)7-11(12)16/h2-7,18H,1H3,(H2,17,19). The normalized spacial score (nSPS) is 10.3. The predicted molar refractivity (Wildman–Crippen MR) is 84.4 cm³/mol. The van der Waals surface area contributed by atoms with Gasteiger partial charge in [0.05, 0.1) is 11.4 Å². The molecule has 0 aliphatic heterocycles. The van der Waals surface area contributed by atoms with Gasteiger partial charge in [-0.2, -0.15) is 0 Å². The minimum absolute atomic E-state index is 0.183. The molecule has 0 fully saturated rings. The van der Waals surface area contributed by atoms with E-state index in [4.69, 9.17) is 18.0 Å². The van der Waals surface area contributed by atoms with E-state index < -0.39 is 5.82 Å². The fourth-order valence-corrected chi connectivity index (χ4v) is 2.12. The van der Waals surface area contributed by atoms with E-state index in [0.29, 0.717) is 11.3 Å². The van der Waals surface area contributed by atoms with Gasteiger partial charge >= 0.3 is 0 Å². The summed E-state index contributed by atoms with van der Waals surface area (Å²) in [6.45, 7) is 1.98. The number of halogens is 2. The number of hydrogen-bond acceptors (Lipinski definition) is 2. The zero-order valence-corrected chi connectivity index (χ0v) is 12.6. The maximum absolute atomic E-state index is 13.9. The first-order valence-corrected chi connectivity index (χ1v) is 6.80. The molecule has 0 amide bonds. The van der Waals surface area contributed by atoms with Crippen LogP contribution in [0, 0.1) is 12.7 Å². The summed E-state index contributed by atoms with van der Waals surface area (Å²) in [6.07, 6.45) is 0. The molecule has 2 rings (SSSR count). The van der Waals surface area contributed by atoms with Crippen LogP contribution in [0.15, 0.2) is 40.9 Å². The molecule has 2 aromatic rings. The Morgan fingerprint density at radius 1 is 1.21 bits per heavy atom. The van der Waals surface area contributed by atoms with Crippen LogP contribution in [-0.4, -0.2) is 4.99 Å². The molecule has 0 saturated carbocycles. The molecule has 0 spiro atoms. The van der Waals surface area contributed by atoms with Gasteiger partial charge in [0.25, 0.3) is 0 Å². The van der Waals surface area contributed by atoms with Crippen LogP contribution in [0.2, 0.25) is 0 Å². The van der Waals surface area contributed by atoms with Crippen LogP contribution in [0.3, 0.4) is 0 Å². The van der Waals surface area contributed by atoms with Crippen molar-refractivity contribution in [2.24, 2.45) is 5.73 Å². The van der Waals surface area contributed by atoms with Crippen molar-refractivity contribution in [3.8, 4) is 0 Å². The van der Waals surface area contributed by atoms with Crippen molar-refractivity contribution >= 4 is 44.5 Å². The molecule has 19 heavy (non-hydrogen) atoms. The summed E-state index contributed by atoms with van der Waals surface area (Å²) >= 11 is 8.24. The van der Waals surface area contributed by atoms with Gasteiger partial charge in [0.15, 0.2) is 0 Å². The first-order valence-electron chi connectivity index (χ1n) is 5.60. The lowest BCUT2D eigenvalue weighted by Gasteiger charge is -2.11. The van der Waals surface area contributed by atoms with E-state index in [1.807, 2.05) is 25.1 Å². The van der Waals surface area contributed by atoms with Gasteiger partial charge in [0, 0.05) is 10.0 Å². The van der Waals surface area contributed by atoms with Crippen LogP contribution < -0.4 is 11.1 Å². The lowest BCUT2D eigenvalue weighted by atomic mass is 10.1. The fraction of sp³-hybridized carbons (Fsp3) is 0.0714. The Hall–Kier alpha value is -1.46. The number of hydrogen-bond donors (Lipinski definition) is 2. The summed E-state index contributed by atoms with van der Waals surface area (Å²) in [7, 11) is 0. The SMILES string of the molecule is Cc1ccc(Br)c(Nc2ccc(C(N)=S)cc2F)c1. The second kappa shape index (κ2) is 5.67. The van der Waals surface area contributed by atoms with Gasteiger partial charge in [0.2, 0.25) is 0 Å². The molecule has 0 aliphatic rings. The highest BCUT2D eigenvalue weighted by Gasteiger charge is 2.07. The van der Waals surface area contributed by atoms with Gasteiger partial charge in [-0.1, -0.05) is 18.3 Å². The van der Waals surface area contributed by atoms with E-state index in [-0.39, 0.29) is 4.99 Å². The number of rotatable bonds is 3. The molecular formula is C14H12BrFN2S. The van der Waals surface area contributed by atoms with E-state index >= 15 is 0 Å². The zero-order chi connectivity index (χ0) is 14.0. The van der Waals surface area contributed by atoms with Crippen LogP contribution in [0.25, 0.3) is 0 Å². The quantitative estimate of drug-likeness (QED) is 0.820.